The van der Waals surface area contributed by atoms with Crippen molar-refractivity contribution in [3.05, 3.63) is 0 Å². The first-order valence-electron chi connectivity index (χ1n) is 12.6. The van der Waals surface area contributed by atoms with Crippen LogP contribution in [0.25, 0.3) is 0 Å². The van der Waals surface area contributed by atoms with Gasteiger partial charge in [0.2, 0.25) is 12.0 Å². The molecule has 190 valence electrons. The monoisotopic (exact) mass is 469 g/mol. The fraction of sp³-hybridized carbons (Fsp3) is 0.840. The molecule has 0 aromatic rings. The highest BCUT2D eigenvalue weighted by atomic mass is 16.6. The van der Waals surface area contributed by atoms with E-state index >= 15 is 0 Å². The van der Waals surface area contributed by atoms with Gasteiger partial charge in [0.25, 0.3) is 0 Å². The van der Waals surface area contributed by atoms with Gasteiger partial charge in [0.15, 0.2) is 6.10 Å². The van der Waals surface area contributed by atoms with Gasteiger partial charge >= 0.3 is 17.9 Å². The molecule has 0 bridgehead atoms. The van der Waals surface area contributed by atoms with E-state index in [9.17, 15) is 19.2 Å². The predicted molar refractivity (Wildman–Crippen MR) is 124 cm³/mol. The van der Waals surface area contributed by atoms with Crippen LogP contribution in [0.4, 0.5) is 0 Å². The van der Waals surface area contributed by atoms with Crippen LogP contribution < -0.4 is 0 Å². The SMILES string of the molecule is CCCCCCCC[C@H](C)C(=O)N1CCC[C@H]1C(=O)O[C@@H](C(=O)OC(C)C(=O)O)[C@@H](C)CC. The second-order valence-corrected chi connectivity index (χ2v) is 9.31. The van der Waals surface area contributed by atoms with Gasteiger partial charge in [-0.2, -0.15) is 0 Å². The summed E-state index contributed by atoms with van der Waals surface area (Å²) in [7, 11) is 0. The van der Waals surface area contributed by atoms with Gasteiger partial charge in [-0.25, -0.2) is 14.4 Å². The molecule has 0 saturated carbocycles. The smallest absolute Gasteiger partial charge is 0.348 e. The number of ether oxygens (including phenoxy) is 2. The van der Waals surface area contributed by atoms with Crippen molar-refractivity contribution >= 4 is 23.8 Å². The molecule has 0 aromatic carbocycles. The Kier molecular flexibility index (Phi) is 13.1. The van der Waals surface area contributed by atoms with Crippen LogP contribution in [-0.4, -0.2) is 58.6 Å². The van der Waals surface area contributed by atoms with E-state index in [0.29, 0.717) is 25.8 Å². The Morgan fingerprint density at radius 2 is 1.61 bits per heavy atom. The molecule has 1 amide bonds. The Morgan fingerprint density at radius 1 is 0.970 bits per heavy atom. The van der Waals surface area contributed by atoms with Gasteiger partial charge in [-0.15, -0.1) is 0 Å². The maximum atomic E-state index is 13.0. The molecule has 0 spiro atoms. The number of carbonyl (C=O) groups excluding carboxylic acids is 3. The molecular formula is C25H43NO7. The van der Waals surface area contributed by atoms with Gasteiger partial charge in [0.05, 0.1) is 0 Å². The summed E-state index contributed by atoms with van der Waals surface area (Å²) >= 11 is 0. The molecule has 1 fully saturated rings. The fourth-order valence-corrected chi connectivity index (χ4v) is 4.02. The van der Waals surface area contributed by atoms with Crippen molar-refractivity contribution in [2.24, 2.45) is 11.8 Å². The molecule has 1 heterocycles. The van der Waals surface area contributed by atoms with E-state index in [1.54, 1.807) is 11.8 Å². The molecule has 1 rings (SSSR count). The van der Waals surface area contributed by atoms with Crippen molar-refractivity contribution in [2.75, 3.05) is 6.54 Å². The van der Waals surface area contributed by atoms with Crippen LogP contribution in [0.2, 0.25) is 0 Å². The lowest BCUT2D eigenvalue weighted by Gasteiger charge is -2.29. The number of carbonyl (C=O) groups is 4. The van der Waals surface area contributed by atoms with Crippen LogP contribution in [0.3, 0.4) is 0 Å². The number of hydrogen-bond donors (Lipinski definition) is 1. The maximum Gasteiger partial charge on any atom is 0.348 e. The highest BCUT2D eigenvalue weighted by molar-refractivity contribution is 5.88. The van der Waals surface area contributed by atoms with Gasteiger partial charge in [-0.1, -0.05) is 66.2 Å². The molecular weight excluding hydrogens is 426 g/mol. The van der Waals surface area contributed by atoms with E-state index in [0.717, 1.165) is 19.3 Å². The average molecular weight is 470 g/mol. The molecule has 0 aliphatic carbocycles. The predicted octanol–water partition coefficient (Wildman–Crippen LogP) is 4.34. The zero-order chi connectivity index (χ0) is 25.0. The van der Waals surface area contributed by atoms with E-state index < -0.39 is 36.2 Å². The summed E-state index contributed by atoms with van der Waals surface area (Å²) in [5.74, 6) is -3.34. The molecule has 0 radical (unpaired) electrons. The number of unbranched alkanes of at least 4 members (excludes halogenated alkanes) is 5. The molecule has 0 aromatic heterocycles. The zero-order valence-electron chi connectivity index (χ0n) is 21.0. The number of aliphatic carboxylic acids is 1. The van der Waals surface area contributed by atoms with E-state index in [1.807, 2.05) is 13.8 Å². The lowest BCUT2D eigenvalue weighted by molar-refractivity contribution is -0.181. The van der Waals surface area contributed by atoms with Crippen molar-refractivity contribution in [3.8, 4) is 0 Å². The average Bonchev–Trinajstić information content (AvgIpc) is 3.28. The van der Waals surface area contributed by atoms with Crippen molar-refractivity contribution in [3.63, 3.8) is 0 Å². The van der Waals surface area contributed by atoms with Crippen LogP contribution in [0.1, 0.15) is 98.8 Å². The maximum absolute atomic E-state index is 13.0. The molecule has 1 unspecified atom stereocenters. The lowest BCUT2D eigenvalue weighted by atomic mass is 10.00. The minimum absolute atomic E-state index is 0.0508. The van der Waals surface area contributed by atoms with Gasteiger partial charge in [-0.3, -0.25) is 4.79 Å². The summed E-state index contributed by atoms with van der Waals surface area (Å²) in [5, 5.41) is 9.00. The number of carboxylic acid groups (broad SMARTS) is 1. The quantitative estimate of drug-likeness (QED) is 0.281. The number of rotatable bonds is 15. The third-order valence-electron chi connectivity index (χ3n) is 6.50. The van der Waals surface area contributed by atoms with E-state index in [4.69, 9.17) is 14.6 Å². The van der Waals surface area contributed by atoms with Crippen LogP contribution in [-0.2, 0) is 28.7 Å². The highest BCUT2D eigenvalue weighted by Crippen LogP contribution is 2.25. The number of likely N-dealkylation sites (tertiary alicyclic amines) is 1. The summed E-state index contributed by atoms with van der Waals surface area (Å²) in [6, 6.07) is -0.722. The molecule has 1 aliphatic heterocycles. The van der Waals surface area contributed by atoms with Gasteiger partial charge in [0, 0.05) is 18.4 Å². The number of hydrogen-bond acceptors (Lipinski definition) is 6. The normalized spacial score (nSPS) is 19.4. The van der Waals surface area contributed by atoms with Crippen LogP contribution in [0.15, 0.2) is 0 Å². The number of carboxylic acids is 1. The van der Waals surface area contributed by atoms with E-state index in [1.165, 1.54) is 32.6 Å². The first kappa shape index (κ1) is 28.9. The molecule has 1 saturated heterocycles. The van der Waals surface area contributed by atoms with E-state index in [-0.39, 0.29) is 17.7 Å². The molecule has 8 heteroatoms. The van der Waals surface area contributed by atoms with Crippen LogP contribution >= 0.6 is 0 Å². The largest absolute Gasteiger partial charge is 0.479 e. The minimum Gasteiger partial charge on any atom is -0.479 e. The van der Waals surface area contributed by atoms with Gasteiger partial charge < -0.3 is 19.5 Å². The summed E-state index contributed by atoms with van der Waals surface area (Å²) in [4.78, 5) is 51.1. The fourth-order valence-electron chi connectivity index (χ4n) is 4.02. The standard InChI is InChI=1S/C25H43NO7/c1-6-8-9-10-11-12-14-18(4)22(27)26-16-13-15-20(26)24(30)33-21(17(3)7-2)25(31)32-19(5)23(28)29/h17-21H,6-16H2,1-5H3,(H,28,29)/t17-,18-,19?,20-,21+/m0/s1. The summed E-state index contributed by atoms with van der Waals surface area (Å²) in [6.45, 7) is 9.41. The Labute approximate surface area is 198 Å². The number of amides is 1. The molecule has 5 atom stereocenters. The van der Waals surface area contributed by atoms with Gasteiger partial charge in [-0.05, 0) is 32.6 Å². The first-order valence-corrected chi connectivity index (χ1v) is 12.6. The zero-order valence-corrected chi connectivity index (χ0v) is 21.0. The van der Waals surface area contributed by atoms with Crippen LogP contribution in [0.5, 0.6) is 0 Å². The topological polar surface area (TPSA) is 110 Å². The molecule has 1 aliphatic rings. The van der Waals surface area contributed by atoms with Crippen molar-refractivity contribution in [1.29, 1.82) is 0 Å². The Morgan fingerprint density at radius 3 is 2.21 bits per heavy atom. The number of esters is 2. The van der Waals surface area contributed by atoms with Crippen LogP contribution in [0, 0.1) is 11.8 Å². The second-order valence-electron chi connectivity index (χ2n) is 9.31. The molecule has 8 nitrogen and oxygen atoms in total. The first-order chi connectivity index (χ1) is 15.6. The van der Waals surface area contributed by atoms with E-state index in [2.05, 4.69) is 6.92 Å². The molecule has 1 N–H and O–H groups in total. The number of nitrogens with zero attached hydrogens (tertiary/aromatic N) is 1. The Hall–Kier alpha value is -2.12. The van der Waals surface area contributed by atoms with Gasteiger partial charge in [0.1, 0.15) is 6.04 Å². The Bertz CT molecular complexity index is 651. The minimum atomic E-state index is -1.34. The second kappa shape index (κ2) is 14.9. The van der Waals surface area contributed by atoms with Crippen molar-refractivity contribution < 1.29 is 33.8 Å². The van der Waals surface area contributed by atoms with Crippen molar-refractivity contribution in [1.82, 2.24) is 4.90 Å². The highest BCUT2D eigenvalue weighted by Gasteiger charge is 2.40. The third-order valence-corrected chi connectivity index (χ3v) is 6.50. The van der Waals surface area contributed by atoms with Crippen molar-refractivity contribution in [2.45, 2.75) is 117 Å². The Balaban J connectivity index is 2.71. The lowest BCUT2D eigenvalue weighted by Crippen LogP contribution is -2.46. The third kappa shape index (κ3) is 9.33. The molecule has 33 heavy (non-hydrogen) atoms. The summed E-state index contributed by atoms with van der Waals surface area (Å²) in [6.07, 6.45) is 6.92. The summed E-state index contributed by atoms with van der Waals surface area (Å²) in [5.41, 5.74) is 0. The summed E-state index contributed by atoms with van der Waals surface area (Å²) < 4.78 is 10.5.